The van der Waals surface area contributed by atoms with E-state index in [1.165, 1.54) is 0 Å². The number of nitrogens with one attached hydrogen (secondary N) is 1. The molecular weight excluding hydrogens is 325 g/mol. The molecule has 2 rings (SSSR count). The van der Waals surface area contributed by atoms with Crippen LogP contribution in [-0.2, 0) is 6.54 Å². The van der Waals surface area contributed by atoms with E-state index >= 15 is 0 Å². The van der Waals surface area contributed by atoms with Crippen LogP contribution >= 0.6 is 23.2 Å². The summed E-state index contributed by atoms with van der Waals surface area (Å²) >= 11 is 11.6. The van der Waals surface area contributed by atoms with Crippen LogP contribution in [0.1, 0.15) is 5.56 Å². The van der Waals surface area contributed by atoms with Gasteiger partial charge in [0.25, 0.3) is 0 Å². The molecule has 0 aromatic heterocycles. The summed E-state index contributed by atoms with van der Waals surface area (Å²) in [6, 6.07) is 6.09. The third-order valence-corrected chi connectivity index (χ3v) is 3.44. The number of nitro benzene ring substituents is 1. The standard InChI is InChI=1S/C13H8Cl2F2N2O2/c14-8-2-1-7(3-9(8)15)6-18-12-5-13(19(20)21)11(17)4-10(12)16/h1-5,18H,6H2. The van der Waals surface area contributed by atoms with Gasteiger partial charge in [-0.05, 0) is 17.7 Å². The lowest BCUT2D eigenvalue weighted by atomic mass is 10.2. The molecule has 0 spiro atoms. The maximum atomic E-state index is 13.6. The van der Waals surface area contributed by atoms with Crippen molar-refractivity contribution < 1.29 is 13.7 Å². The molecule has 4 nitrogen and oxygen atoms in total. The van der Waals surface area contributed by atoms with Gasteiger partial charge in [-0.25, -0.2) is 4.39 Å². The molecule has 0 bridgehead atoms. The van der Waals surface area contributed by atoms with E-state index < -0.39 is 22.2 Å². The molecule has 1 N–H and O–H groups in total. The van der Waals surface area contributed by atoms with Crippen LogP contribution in [0.15, 0.2) is 30.3 Å². The van der Waals surface area contributed by atoms with Crippen LogP contribution in [-0.4, -0.2) is 4.92 Å². The van der Waals surface area contributed by atoms with Gasteiger partial charge in [-0.1, -0.05) is 29.3 Å². The summed E-state index contributed by atoms with van der Waals surface area (Å²) in [6.45, 7) is 0.149. The van der Waals surface area contributed by atoms with Crippen molar-refractivity contribution in [1.29, 1.82) is 0 Å². The van der Waals surface area contributed by atoms with Crippen LogP contribution < -0.4 is 5.32 Å². The lowest BCUT2D eigenvalue weighted by Crippen LogP contribution is -2.03. The molecule has 2 aromatic rings. The molecule has 0 atom stereocenters. The molecule has 8 heteroatoms. The number of nitrogens with zero attached hydrogens (tertiary/aromatic N) is 1. The normalized spacial score (nSPS) is 10.5. The first-order valence-corrected chi connectivity index (χ1v) is 6.45. The van der Waals surface area contributed by atoms with Gasteiger partial charge < -0.3 is 5.32 Å². The fraction of sp³-hybridized carbons (Fsp3) is 0.0769. The van der Waals surface area contributed by atoms with E-state index in [-0.39, 0.29) is 12.2 Å². The molecule has 21 heavy (non-hydrogen) atoms. The smallest absolute Gasteiger partial charge is 0.307 e. The number of benzene rings is 2. The average molecular weight is 333 g/mol. The summed E-state index contributed by atoms with van der Waals surface area (Å²) in [4.78, 5) is 9.71. The van der Waals surface area contributed by atoms with Gasteiger partial charge in [0.2, 0.25) is 5.82 Å². The zero-order chi connectivity index (χ0) is 15.6. The highest BCUT2D eigenvalue weighted by atomic mass is 35.5. The first kappa shape index (κ1) is 15.5. The number of rotatable bonds is 4. The Morgan fingerprint density at radius 3 is 2.43 bits per heavy atom. The molecule has 2 aromatic carbocycles. The van der Waals surface area contributed by atoms with Crippen LogP contribution in [0.3, 0.4) is 0 Å². The average Bonchev–Trinajstić information content (AvgIpc) is 2.41. The predicted octanol–water partition coefficient (Wildman–Crippen LogP) is 4.79. The Kier molecular flexibility index (Phi) is 4.59. The maximum absolute atomic E-state index is 13.6. The molecule has 0 amide bonds. The summed E-state index contributed by atoms with van der Waals surface area (Å²) in [6.07, 6.45) is 0. The van der Waals surface area contributed by atoms with Gasteiger partial charge in [0, 0.05) is 18.7 Å². The van der Waals surface area contributed by atoms with Gasteiger partial charge >= 0.3 is 5.69 Å². The highest BCUT2D eigenvalue weighted by Crippen LogP contribution is 2.26. The van der Waals surface area contributed by atoms with Gasteiger partial charge in [-0.15, -0.1) is 0 Å². The summed E-state index contributed by atoms with van der Waals surface area (Å²) in [5, 5.41) is 14.0. The lowest BCUT2D eigenvalue weighted by Gasteiger charge is -2.09. The van der Waals surface area contributed by atoms with Crippen LogP contribution in [0.5, 0.6) is 0 Å². The Morgan fingerprint density at radius 2 is 1.81 bits per heavy atom. The minimum absolute atomic E-state index is 0.149. The number of nitro groups is 1. The van der Waals surface area contributed by atoms with E-state index in [1.807, 2.05) is 0 Å². The van der Waals surface area contributed by atoms with E-state index in [9.17, 15) is 18.9 Å². The first-order chi connectivity index (χ1) is 9.88. The molecule has 0 radical (unpaired) electrons. The van der Waals surface area contributed by atoms with Gasteiger partial charge in [-0.3, -0.25) is 10.1 Å². The van der Waals surface area contributed by atoms with Crippen molar-refractivity contribution in [3.63, 3.8) is 0 Å². The van der Waals surface area contributed by atoms with Crippen molar-refractivity contribution in [2.75, 3.05) is 5.32 Å². The number of anilines is 1. The molecule has 0 aliphatic carbocycles. The van der Waals surface area contributed by atoms with Crippen molar-refractivity contribution in [3.8, 4) is 0 Å². The minimum Gasteiger partial charge on any atom is -0.378 e. The van der Waals surface area contributed by atoms with Crippen LogP contribution in [0.25, 0.3) is 0 Å². The van der Waals surface area contributed by atoms with E-state index in [4.69, 9.17) is 23.2 Å². The molecule has 0 saturated heterocycles. The number of hydrogen-bond donors (Lipinski definition) is 1. The summed E-state index contributed by atoms with van der Waals surface area (Å²) in [7, 11) is 0. The van der Waals surface area contributed by atoms with Gasteiger partial charge in [-0.2, -0.15) is 4.39 Å². The third kappa shape index (κ3) is 3.59. The fourth-order valence-corrected chi connectivity index (χ4v) is 1.98. The predicted molar refractivity (Wildman–Crippen MR) is 76.8 cm³/mol. The molecule has 110 valence electrons. The van der Waals surface area contributed by atoms with Gasteiger partial charge in [0.05, 0.1) is 20.7 Å². The fourth-order valence-electron chi connectivity index (χ4n) is 1.66. The molecule has 0 saturated carbocycles. The van der Waals surface area contributed by atoms with E-state index in [2.05, 4.69) is 5.32 Å². The van der Waals surface area contributed by atoms with Crippen molar-refractivity contribution in [2.45, 2.75) is 6.54 Å². The number of halogens is 4. The third-order valence-electron chi connectivity index (χ3n) is 2.70. The molecule has 0 unspecified atom stereocenters. The SMILES string of the molecule is O=[N+]([O-])c1cc(NCc2ccc(Cl)c(Cl)c2)c(F)cc1F. The van der Waals surface area contributed by atoms with E-state index in [0.29, 0.717) is 21.7 Å². The van der Waals surface area contributed by atoms with Crippen LogP contribution in [0.2, 0.25) is 10.0 Å². The Labute approximate surface area is 128 Å². The summed E-state index contributed by atoms with van der Waals surface area (Å²) < 4.78 is 26.8. The van der Waals surface area contributed by atoms with Crippen molar-refractivity contribution in [2.24, 2.45) is 0 Å². The summed E-state index contributed by atoms with van der Waals surface area (Å²) in [5.41, 5.74) is -0.280. The quantitative estimate of drug-likeness (QED) is 0.646. The Bertz CT molecular complexity index is 711. The van der Waals surface area contributed by atoms with Crippen molar-refractivity contribution >= 4 is 34.6 Å². The highest BCUT2D eigenvalue weighted by Gasteiger charge is 2.18. The monoisotopic (exact) mass is 332 g/mol. The molecule has 0 aliphatic heterocycles. The Balaban J connectivity index is 2.21. The van der Waals surface area contributed by atoms with Gasteiger partial charge in [0.1, 0.15) is 5.82 Å². The van der Waals surface area contributed by atoms with Crippen LogP contribution in [0, 0.1) is 21.7 Å². The molecule has 0 fully saturated rings. The zero-order valence-corrected chi connectivity index (χ0v) is 11.9. The Hall–Kier alpha value is -1.92. The molecular formula is C13H8Cl2F2N2O2. The number of hydrogen-bond acceptors (Lipinski definition) is 3. The van der Waals surface area contributed by atoms with E-state index in [0.717, 1.165) is 6.07 Å². The minimum atomic E-state index is -1.22. The second-order valence-corrected chi connectivity index (χ2v) is 4.96. The van der Waals surface area contributed by atoms with Crippen molar-refractivity contribution in [1.82, 2.24) is 0 Å². The second kappa shape index (κ2) is 6.24. The second-order valence-electron chi connectivity index (χ2n) is 4.14. The topological polar surface area (TPSA) is 55.2 Å². The largest absolute Gasteiger partial charge is 0.378 e. The first-order valence-electron chi connectivity index (χ1n) is 5.69. The zero-order valence-electron chi connectivity index (χ0n) is 10.4. The Morgan fingerprint density at radius 1 is 1.10 bits per heavy atom. The van der Waals surface area contributed by atoms with Crippen LogP contribution in [0.4, 0.5) is 20.2 Å². The summed E-state index contributed by atoms with van der Waals surface area (Å²) in [5.74, 6) is -2.14. The maximum Gasteiger partial charge on any atom is 0.307 e. The molecule has 0 heterocycles. The van der Waals surface area contributed by atoms with E-state index in [1.54, 1.807) is 18.2 Å². The van der Waals surface area contributed by atoms with Crippen molar-refractivity contribution in [3.05, 3.63) is 67.7 Å². The van der Waals surface area contributed by atoms with Gasteiger partial charge in [0.15, 0.2) is 0 Å². The lowest BCUT2D eigenvalue weighted by molar-refractivity contribution is -0.387. The molecule has 0 aliphatic rings. The highest BCUT2D eigenvalue weighted by molar-refractivity contribution is 6.42.